The van der Waals surface area contributed by atoms with Crippen LogP contribution in [0.5, 0.6) is 5.75 Å². The summed E-state index contributed by atoms with van der Waals surface area (Å²) in [5.41, 5.74) is 1.39. The van der Waals surface area contributed by atoms with Crippen molar-refractivity contribution in [2.75, 3.05) is 13.1 Å². The van der Waals surface area contributed by atoms with E-state index in [0.717, 1.165) is 17.5 Å². The van der Waals surface area contributed by atoms with Gasteiger partial charge in [-0.05, 0) is 18.1 Å². The minimum atomic E-state index is -0.713. The third-order valence-electron chi connectivity index (χ3n) is 5.96. The molecule has 2 heterocycles. The lowest BCUT2D eigenvalue weighted by Gasteiger charge is -2.27. The molecule has 2 atom stereocenters. The molecule has 1 aliphatic heterocycles. The Balaban J connectivity index is 1.20. The van der Waals surface area contributed by atoms with Crippen LogP contribution in [0.3, 0.4) is 0 Å². The number of benzene rings is 2. The fourth-order valence-electron chi connectivity index (χ4n) is 4.11. The van der Waals surface area contributed by atoms with E-state index >= 15 is 0 Å². The van der Waals surface area contributed by atoms with Crippen LogP contribution >= 0.6 is 0 Å². The summed E-state index contributed by atoms with van der Waals surface area (Å²) in [5.74, 6) is -0.645. The second-order valence-electron chi connectivity index (χ2n) is 8.17. The number of nitrogens with zero attached hydrogens (tertiary/aromatic N) is 4. The first-order valence-electron chi connectivity index (χ1n) is 10.6. The Morgan fingerprint density at radius 3 is 2.88 bits per heavy atom. The highest BCUT2D eigenvalue weighted by atomic mass is 19.1. The van der Waals surface area contributed by atoms with Gasteiger partial charge >= 0.3 is 0 Å². The first-order valence-corrected chi connectivity index (χ1v) is 10.6. The third kappa shape index (κ3) is 4.34. The van der Waals surface area contributed by atoms with Crippen molar-refractivity contribution in [2.45, 2.75) is 38.1 Å². The van der Waals surface area contributed by atoms with Crippen molar-refractivity contribution in [2.24, 2.45) is 0 Å². The van der Waals surface area contributed by atoms with Gasteiger partial charge in [-0.2, -0.15) is 0 Å². The molecule has 166 valence electrons. The number of fused-ring (bicyclic) bond motifs is 1. The molecule has 1 saturated carbocycles. The first kappa shape index (κ1) is 20.6. The molecule has 0 unspecified atom stereocenters. The Hall–Kier alpha value is -3.33. The monoisotopic (exact) mass is 439 g/mol. The van der Waals surface area contributed by atoms with E-state index in [4.69, 9.17) is 4.74 Å². The first-order chi connectivity index (χ1) is 15.6. The zero-order valence-corrected chi connectivity index (χ0v) is 17.4. The highest BCUT2D eigenvalue weighted by molar-refractivity contribution is 5.78. The van der Waals surface area contributed by atoms with E-state index in [9.17, 15) is 13.6 Å². The number of rotatable bonds is 7. The van der Waals surface area contributed by atoms with Crippen molar-refractivity contribution >= 4 is 5.91 Å². The van der Waals surface area contributed by atoms with Gasteiger partial charge in [0.15, 0.2) is 17.4 Å². The van der Waals surface area contributed by atoms with E-state index in [0.29, 0.717) is 31.6 Å². The molecule has 7 nitrogen and oxygen atoms in total. The van der Waals surface area contributed by atoms with E-state index < -0.39 is 11.6 Å². The van der Waals surface area contributed by atoms with Gasteiger partial charge in [0.05, 0.1) is 13.1 Å². The van der Waals surface area contributed by atoms with Gasteiger partial charge in [-0.3, -0.25) is 4.79 Å². The average molecular weight is 439 g/mol. The van der Waals surface area contributed by atoms with Gasteiger partial charge in [-0.25, -0.2) is 8.78 Å². The van der Waals surface area contributed by atoms with Crippen molar-refractivity contribution in [1.29, 1.82) is 0 Å². The molecule has 9 heteroatoms. The minimum absolute atomic E-state index is 0.0316. The fourth-order valence-corrected chi connectivity index (χ4v) is 4.11. The Kier molecular flexibility index (Phi) is 5.57. The number of nitrogens with one attached hydrogen (secondary N) is 1. The van der Waals surface area contributed by atoms with Gasteiger partial charge in [-0.15, -0.1) is 10.2 Å². The third-order valence-corrected chi connectivity index (χ3v) is 5.96. The molecule has 2 aliphatic rings. The molecule has 5 rings (SSSR count). The molecular formula is C23H23F2N5O2. The molecule has 1 aromatic heterocycles. The average Bonchev–Trinajstić information content (AvgIpc) is 3.42. The molecule has 1 N–H and O–H groups in total. The van der Waals surface area contributed by atoms with E-state index in [1.54, 1.807) is 11.2 Å². The summed E-state index contributed by atoms with van der Waals surface area (Å²) in [7, 11) is 0. The number of aromatic nitrogens is 3. The second-order valence-corrected chi connectivity index (χ2v) is 8.17. The van der Waals surface area contributed by atoms with E-state index in [2.05, 4.69) is 15.5 Å². The molecular weight excluding hydrogens is 416 g/mol. The quantitative estimate of drug-likeness (QED) is 0.613. The standard InChI is InChI=1S/C23H23F2N5O2/c24-16-8-18(23(19(25)9-16)32-13-15-4-2-1-3-5-15)17-10-20(17)26-11-22(31)29-6-7-30-14-27-28-21(30)12-29/h1-5,8-9,14,17,20,26H,6-7,10-13H2/t17-,20+/m0/s1. The number of carbonyl (C=O) groups excluding carboxylic acids is 1. The highest BCUT2D eigenvalue weighted by Gasteiger charge is 2.41. The molecule has 0 saturated heterocycles. The van der Waals surface area contributed by atoms with Gasteiger partial charge in [-0.1, -0.05) is 30.3 Å². The molecule has 1 aliphatic carbocycles. The van der Waals surface area contributed by atoms with Crippen LogP contribution in [0.25, 0.3) is 0 Å². The summed E-state index contributed by atoms with van der Waals surface area (Å²) in [5, 5.41) is 11.1. The number of hydrogen-bond donors (Lipinski definition) is 1. The summed E-state index contributed by atoms with van der Waals surface area (Å²) in [6.45, 7) is 2.06. The largest absolute Gasteiger partial charge is 0.486 e. The number of ether oxygens (including phenoxy) is 1. The highest BCUT2D eigenvalue weighted by Crippen LogP contribution is 2.46. The zero-order valence-electron chi connectivity index (χ0n) is 17.4. The Labute approximate surface area is 184 Å². The van der Waals surface area contributed by atoms with Crippen LogP contribution in [-0.4, -0.2) is 44.7 Å². The summed E-state index contributed by atoms with van der Waals surface area (Å²) >= 11 is 0. The predicted molar refractivity (Wildman–Crippen MR) is 112 cm³/mol. The van der Waals surface area contributed by atoms with Gasteiger partial charge in [0.1, 0.15) is 18.8 Å². The summed E-state index contributed by atoms with van der Waals surface area (Å²) < 4.78 is 36.1. The lowest BCUT2D eigenvalue weighted by atomic mass is 10.1. The molecule has 32 heavy (non-hydrogen) atoms. The van der Waals surface area contributed by atoms with Crippen LogP contribution in [-0.2, 0) is 24.5 Å². The van der Waals surface area contributed by atoms with E-state index in [1.165, 1.54) is 6.07 Å². The number of amides is 1. The van der Waals surface area contributed by atoms with Crippen molar-refractivity contribution in [3.8, 4) is 5.75 Å². The van der Waals surface area contributed by atoms with Crippen LogP contribution in [0.15, 0.2) is 48.8 Å². The van der Waals surface area contributed by atoms with Crippen molar-refractivity contribution < 1.29 is 18.3 Å². The molecule has 2 aromatic carbocycles. The summed E-state index contributed by atoms with van der Waals surface area (Å²) in [6.07, 6.45) is 2.35. The molecule has 0 radical (unpaired) electrons. The normalized spacial score (nSPS) is 19.5. The van der Waals surface area contributed by atoms with Gasteiger partial charge in [0.25, 0.3) is 0 Å². The molecule has 3 aromatic rings. The Morgan fingerprint density at radius 1 is 1.19 bits per heavy atom. The smallest absolute Gasteiger partial charge is 0.237 e. The van der Waals surface area contributed by atoms with Gasteiger partial charge in [0, 0.05) is 36.7 Å². The topological polar surface area (TPSA) is 72.3 Å². The van der Waals surface area contributed by atoms with E-state index in [-0.39, 0.29) is 36.8 Å². The number of hydrogen-bond acceptors (Lipinski definition) is 5. The Bertz CT molecular complexity index is 1120. The van der Waals surface area contributed by atoms with Crippen LogP contribution in [0.1, 0.15) is 29.3 Å². The van der Waals surface area contributed by atoms with Crippen molar-refractivity contribution in [3.63, 3.8) is 0 Å². The number of halogens is 2. The molecule has 0 bridgehead atoms. The maximum Gasteiger partial charge on any atom is 0.237 e. The summed E-state index contributed by atoms with van der Waals surface area (Å²) in [6, 6.07) is 11.6. The van der Waals surface area contributed by atoms with Crippen molar-refractivity contribution in [3.05, 3.63) is 77.4 Å². The van der Waals surface area contributed by atoms with Crippen molar-refractivity contribution in [1.82, 2.24) is 25.0 Å². The van der Waals surface area contributed by atoms with Crippen LogP contribution in [0, 0.1) is 11.6 Å². The molecule has 1 amide bonds. The maximum atomic E-state index is 14.5. The lowest BCUT2D eigenvalue weighted by molar-refractivity contribution is -0.131. The second kappa shape index (κ2) is 8.66. The fraction of sp³-hybridized carbons (Fsp3) is 0.348. The van der Waals surface area contributed by atoms with Crippen LogP contribution in [0.4, 0.5) is 8.78 Å². The lowest BCUT2D eigenvalue weighted by Crippen LogP contribution is -2.43. The van der Waals surface area contributed by atoms with E-state index in [1.807, 2.05) is 34.9 Å². The zero-order chi connectivity index (χ0) is 22.1. The summed E-state index contributed by atoms with van der Waals surface area (Å²) in [4.78, 5) is 14.3. The molecule has 1 fully saturated rings. The SMILES string of the molecule is O=C(CN[C@@H]1C[C@H]1c1cc(F)cc(F)c1OCc1ccccc1)N1CCn2cnnc2C1. The number of carbonyl (C=O) groups is 1. The van der Waals surface area contributed by atoms with Crippen LogP contribution < -0.4 is 10.1 Å². The Morgan fingerprint density at radius 2 is 2.03 bits per heavy atom. The van der Waals surface area contributed by atoms with Crippen LogP contribution in [0.2, 0.25) is 0 Å². The van der Waals surface area contributed by atoms with Gasteiger partial charge < -0.3 is 19.5 Å². The minimum Gasteiger partial charge on any atom is -0.486 e. The van der Waals surface area contributed by atoms with Gasteiger partial charge in [0.2, 0.25) is 5.91 Å². The molecule has 0 spiro atoms. The maximum absolute atomic E-state index is 14.5. The predicted octanol–water partition coefficient (Wildman–Crippen LogP) is 2.62.